The molecule has 1 aromatic heterocycles. The maximum atomic E-state index is 10.8. The zero-order chi connectivity index (χ0) is 18.0. The van der Waals surface area contributed by atoms with Crippen LogP contribution >= 0.6 is 0 Å². The molecule has 0 aliphatic heterocycles. The zero-order valence-electron chi connectivity index (χ0n) is 15.0. The van der Waals surface area contributed by atoms with Crippen molar-refractivity contribution >= 4 is 14.3 Å². The molecule has 6 heteroatoms. The average Bonchev–Trinajstić information content (AvgIpc) is 2.92. The molecule has 0 saturated carbocycles. The summed E-state index contributed by atoms with van der Waals surface area (Å²) in [6.45, 7) is 11.7. The Morgan fingerprint density at radius 3 is 2.62 bits per heavy atom. The van der Waals surface area contributed by atoms with Crippen LogP contribution in [0.3, 0.4) is 0 Å². The topological polar surface area (TPSA) is 64.3 Å². The summed E-state index contributed by atoms with van der Waals surface area (Å²) >= 11 is 0. The average molecular weight is 347 g/mol. The molecule has 2 rings (SSSR count). The number of carbonyl (C=O) groups is 1. The predicted octanol–water partition coefficient (Wildman–Crippen LogP) is 4.02. The lowest BCUT2D eigenvalue weighted by atomic mass is 10.2. The molecule has 5 nitrogen and oxygen atoms in total. The Bertz CT molecular complexity index is 717. The minimum Gasteiger partial charge on any atom is -0.481 e. The molecule has 0 spiro atoms. The molecule has 0 radical (unpaired) electrons. The third-order valence-electron chi connectivity index (χ3n) is 4.57. The van der Waals surface area contributed by atoms with E-state index < -0.39 is 14.3 Å². The number of benzene rings is 1. The number of carboxylic acids is 1. The molecule has 0 unspecified atom stereocenters. The van der Waals surface area contributed by atoms with E-state index in [0.717, 1.165) is 11.3 Å². The highest BCUT2D eigenvalue weighted by atomic mass is 28.4. The van der Waals surface area contributed by atoms with Crippen molar-refractivity contribution < 1.29 is 14.3 Å². The number of hydrogen-bond donors (Lipinski definition) is 1. The number of rotatable bonds is 6. The Morgan fingerprint density at radius 2 is 2.00 bits per heavy atom. The van der Waals surface area contributed by atoms with Gasteiger partial charge in [0.15, 0.2) is 8.32 Å². The van der Waals surface area contributed by atoms with E-state index in [4.69, 9.17) is 9.53 Å². The minimum atomic E-state index is -1.79. The second-order valence-electron chi connectivity index (χ2n) is 7.58. The van der Waals surface area contributed by atoms with Gasteiger partial charge in [-0.05, 0) is 35.8 Å². The Balaban J connectivity index is 2.12. The van der Waals surface area contributed by atoms with Crippen LogP contribution < -0.4 is 0 Å². The maximum absolute atomic E-state index is 10.8. The lowest BCUT2D eigenvalue weighted by Crippen LogP contribution is -2.40. The molecule has 0 amide bonds. The second-order valence-corrected chi connectivity index (χ2v) is 12.4. The van der Waals surface area contributed by atoms with E-state index in [1.54, 1.807) is 17.1 Å². The number of aliphatic carboxylic acids is 1. The normalized spacial score (nSPS) is 12.4. The van der Waals surface area contributed by atoms with Gasteiger partial charge in [-0.25, -0.2) is 4.68 Å². The molecule has 0 bridgehead atoms. The van der Waals surface area contributed by atoms with E-state index in [1.807, 2.05) is 24.3 Å². The van der Waals surface area contributed by atoms with Gasteiger partial charge in [0.2, 0.25) is 0 Å². The third-order valence-corrected chi connectivity index (χ3v) is 9.05. The molecule has 1 aromatic carbocycles. The van der Waals surface area contributed by atoms with Gasteiger partial charge >= 0.3 is 5.97 Å². The van der Waals surface area contributed by atoms with Crippen molar-refractivity contribution in [1.82, 2.24) is 9.78 Å². The smallest absolute Gasteiger partial charge is 0.307 e. The van der Waals surface area contributed by atoms with Gasteiger partial charge in [0.25, 0.3) is 0 Å². The predicted molar refractivity (Wildman–Crippen MR) is 96.9 cm³/mol. The fourth-order valence-electron chi connectivity index (χ4n) is 2.04. The van der Waals surface area contributed by atoms with E-state index >= 15 is 0 Å². The van der Waals surface area contributed by atoms with E-state index in [1.165, 1.54) is 0 Å². The molecule has 0 fully saturated rings. The van der Waals surface area contributed by atoms with Gasteiger partial charge < -0.3 is 9.53 Å². The van der Waals surface area contributed by atoms with Gasteiger partial charge in [0.1, 0.15) is 0 Å². The third kappa shape index (κ3) is 4.55. The summed E-state index contributed by atoms with van der Waals surface area (Å²) in [5, 5.41) is 13.3. The van der Waals surface area contributed by atoms with Crippen molar-refractivity contribution in [3.05, 3.63) is 47.8 Å². The summed E-state index contributed by atoms with van der Waals surface area (Å²) < 4.78 is 7.96. The van der Waals surface area contributed by atoms with Crippen molar-refractivity contribution in [2.45, 2.75) is 51.9 Å². The molecule has 0 atom stereocenters. The van der Waals surface area contributed by atoms with Crippen molar-refractivity contribution in [3.8, 4) is 5.69 Å². The summed E-state index contributed by atoms with van der Waals surface area (Å²) in [7, 11) is -1.79. The molecule has 130 valence electrons. The molecule has 0 saturated heterocycles. The van der Waals surface area contributed by atoms with Gasteiger partial charge in [0, 0.05) is 11.8 Å². The van der Waals surface area contributed by atoms with Gasteiger partial charge in [-0.3, -0.25) is 4.79 Å². The summed E-state index contributed by atoms with van der Waals surface area (Å²) in [6, 6.07) is 7.99. The zero-order valence-corrected chi connectivity index (χ0v) is 16.0. The maximum Gasteiger partial charge on any atom is 0.307 e. The quantitative estimate of drug-likeness (QED) is 0.802. The first-order valence-electron chi connectivity index (χ1n) is 8.07. The summed E-state index contributed by atoms with van der Waals surface area (Å²) in [5.74, 6) is -0.855. The van der Waals surface area contributed by atoms with Gasteiger partial charge in [-0.2, -0.15) is 5.10 Å². The molecule has 24 heavy (non-hydrogen) atoms. The molecular weight excluding hydrogens is 320 g/mol. The van der Waals surface area contributed by atoms with Crippen LogP contribution in [0.25, 0.3) is 5.69 Å². The van der Waals surface area contributed by atoms with Gasteiger partial charge in [-0.15, -0.1) is 0 Å². The number of nitrogens with zero attached hydrogens (tertiary/aromatic N) is 2. The Morgan fingerprint density at radius 1 is 1.29 bits per heavy atom. The standard InChI is InChI=1S/C18H26N2O3Si/c1-18(2,3)24(4,5)23-13-14-7-6-8-16(9-14)20-12-15(11-19-20)10-17(21)22/h6-9,11-12H,10,13H2,1-5H3,(H,21,22). The highest BCUT2D eigenvalue weighted by Crippen LogP contribution is 2.37. The molecule has 1 N–H and O–H groups in total. The van der Waals surface area contributed by atoms with Crippen molar-refractivity contribution in [2.75, 3.05) is 0 Å². The fraction of sp³-hybridized carbons (Fsp3) is 0.444. The Hall–Kier alpha value is -1.92. The summed E-state index contributed by atoms with van der Waals surface area (Å²) in [4.78, 5) is 10.8. The molecule has 0 aliphatic rings. The lowest BCUT2D eigenvalue weighted by Gasteiger charge is -2.36. The largest absolute Gasteiger partial charge is 0.481 e. The van der Waals surface area contributed by atoms with Gasteiger partial charge in [-0.1, -0.05) is 32.9 Å². The fourth-order valence-corrected chi connectivity index (χ4v) is 3.00. The second kappa shape index (κ2) is 6.90. The van der Waals surface area contributed by atoms with Crippen LogP contribution in [-0.4, -0.2) is 29.2 Å². The van der Waals surface area contributed by atoms with Crippen LogP contribution in [0.15, 0.2) is 36.7 Å². The monoisotopic (exact) mass is 346 g/mol. The summed E-state index contributed by atoms with van der Waals surface area (Å²) in [6.07, 6.45) is 3.32. The molecular formula is C18H26N2O3Si. The highest BCUT2D eigenvalue weighted by molar-refractivity contribution is 6.74. The molecule has 1 heterocycles. The molecule has 0 aliphatic carbocycles. The first-order valence-corrected chi connectivity index (χ1v) is 11.0. The van der Waals surface area contributed by atoms with E-state index in [2.05, 4.69) is 39.0 Å². The van der Waals surface area contributed by atoms with Crippen LogP contribution in [0, 0.1) is 0 Å². The number of hydrogen-bond acceptors (Lipinski definition) is 3. The number of aromatic nitrogens is 2. The summed E-state index contributed by atoms with van der Waals surface area (Å²) in [5.41, 5.74) is 2.68. The number of carboxylic acid groups (broad SMARTS) is 1. The minimum absolute atomic E-state index is 0.0197. The van der Waals surface area contributed by atoms with E-state index in [9.17, 15) is 4.79 Å². The van der Waals surface area contributed by atoms with Crippen LogP contribution in [0.2, 0.25) is 18.1 Å². The lowest BCUT2D eigenvalue weighted by molar-refractivity contribution is -0.136. The first kappa shape index (κ1) is 18.4. The highest BCUT2D eigenvalue weighted by Gasteiger charge is 2.36. The Kier molecular flexibility index (Phi) is 5.30. The van der Waals surface area contributed by atoms with E-state index in [-0.39, 0.29) is 11.5 Å². The van der Waals surface area contributed by atoms with Crippen LogP contribution in [-0.2, 0) is 22.2 Å². The van der Waals surface area contributed by atoms with Crippen LogP contribution in [0.4, 0.5) is 0 Å². The van der Waals surface area contributed by atoms with Crippen molar-refractivity contribution in [3.63, 3.8) is 0 Å². The molecule has 2 aromatic rings. The van der Waals surface area contributed by atoms with Crippen molar-refractivity contribution in [2.24, 2.45) is 0 Å². The van der Waals surface area contributed by atoms with E-state index in [0.29, 0.717) is 12.2 Å². The van der Waals surface area contributed by atoms with Crippen molar-refractivity contribution in [1.29, 1.82) is 0 Å². The SMILES string of the molecule is CC(C)(C)[Si](C)(C)OCc1cccc(-n2cc(CC(=O)O)cn2)c1. The van der Waals surface area contributed by atoms with Gasteiger partial charge in [0.05, 0.1) is 24.9 Å². The van der Waals surface area contributed by atoms with Crippen LogP contribution in [0.5, 0.6) is 0 Å². The Labute approximate surface area is 144 Å². The van der Waals surface area contributed by atoms with Crippen LogP contribution in [0.1, 0.15) is 31.9 Å². The first-order chi connectivity index (χ1) is 11.1.